The van der Waals surface area contributed by atoms with E-state index in [-0.39, 0.29) is 17.1 Å². The number of hydrogen-bond donors (Lipinski definition) is 0. The molecule has 0 aliphatic heterocycles. The Kier molecular flexibility index (Phi) is 5.43. The SMILES string of the molecule is Cc1cc(C)c2oc(-[c-]3cccc3)cc2c1.[Fe+2].c1cc[cH-]c1. The van der Waals surface area contributed by atoms with Crippen LogP contribution in [0.3, 0.4) is 0 Å². The smallest absolute Gasteiger partial charge is 0.476 e. The second-order valence-corrected chi connectivity index (χ2v) is 5.25. The first-order valence-corrected chi connectivity index (χ1v) is 7.13. The Labute approximate surface area is 141 Å². The molecule has 4 rings (SSSR count). The van der Waals surface area contributed by atoms with Crippen LogP contribution in [-0.4, -0.2) is 0 Å². The molecule has 1 heterocycles. The van der Waals surface area contributed by atoms with Crippen LogP contribution >= 0.6 is 0 Å². The molecule has 1 nitrogen and oxygen atoms in total. The summed E-state index contributed by atoms with van der Waals surface area (Å²) < 4.78 is 5.90. The van der Waals surface area contributed by atoms with E-state index in [2.05, 4.69) is 44.2 Å². The zero-order valence-corrected chi connectivity index (χ0v) is 13.8. The predicted octanol–water partition coefficient (Wildman–Crippen LogP) is 5.84. The number of fused-ring (bicyclic) bond motifs is 1. The van der Waals surface area contributed by atoms with Crippen molar-refractivity contribution in [1.82, 2.24) is 0 Å². The molecular formula is C20H18FeO. The van der Waals surface area contributed by atoms with Crippen molar-refractivity contribution >= 4 is 11.0 Å². The molecule has 0 N–H and O–H groups in total. The zero-order chi connectivity index (χ0) is 14.7. The largest absolute Gasteiger partial charge is 2.00 e. The van der Waals surface area contributed by atoms with E-state index in [1.54, 1.807) is 0 Å². The normalized spacial score (nSPS) is 9.91. The maximum atomic E-state index is 5.90. The average Bonchev–Trinajstić information content (AvgIpc) is 3.21. The van der Waals surface area contributed by atoms with Crippen LogP contribution < -0.4 is 0 Å². The summed E-state index contributed by atoms with van der Waals surface area (Å²) in [5.74, 6) is 0.952. The van der Waals surface area contributed by atoms with Crippen LogP contribution in [-0.2, 0) is 17.1 Å². The van der Waals surface area contributed by atoms with Crippen molar-refractivity contribution in [2.75, 3.05) is 0 Å². The van der Waals surface area contributed by atoms with Gasteiger partial charge in [0.2, 0.25) is 0 Å². The maximum absolute atomic E-state index is 5.90. The minimum absolute atomic E-state index is 0. The molecule has 0 saturated carbocycles. The fourth-order valence-corrected chi connectivity index (χ4v) is 2.52. The second kappa shape index (κ2) is 7.31. The van der Waals surface area contributed by atoms with Gasteiger partial charge in [0.1, 0.15) is 5.58 Å². The molecule has 0 atom stereocenters. The van der Waals surface area contributed by atoms with Crippen LogP contribution in [0.4, 0.5) is 0 Å². The van der Waals surface area contributed by atoms with Gasteiger partial charge < -0.3 is 4.42 Å². The molecule has 0 unspecified atom stereocenters. The number of aryl methyl sites for hydroxylation is 2. The molecule has 0 saturated heterocycles. The monoisotopic (exact) mass is 330 g/mol. The van der Waals surface area contributed by atoms with Gasteiger partial charge >= 0.3 is 17.1 Å². The maximum Gasteiger partial charge on any atom is 2.00 e. The van der Waals surface area contributed by atoms with Gasteiger partial charge in [-0.15, -0.1) is 12.1 Å². The van der Waals surface area contributed by atoms with Gasteiger partial charge in [-0.05, 0) is 24.8 Å². The molecule has 2 heteroatoms. The molecule has 0 aliphatic rings. The molecule has 0 aliphatic carbocycles. The van der Waals surface area contributed by atoms with Crippen molar-refractivity contribution in [3.63, 3.8) is 0 Å². The standard InChI is InChI=1S/C15H13O.C5H5.Fe/c1-10-7-11(2)15-13(8-10)9-14(16-15)12-5-3-4-6-12;1-2-4-5-3-1;/h3-9H,1-2H3;1-5H;/q2*-1;+2. The minimum Gasteiger partial charge on any atom is -0.476 e. The quantitative estimate of drug-likeness (QED) is 0.316. The van der Waals surface area contributed by atoms with Crippen molar-refractivity contribution in [2.45, 2.75) is 13.8 Å². The second-order valence-electron chi connectivity index (χ2n) is 5.25. The molecule has 22 heavy (non-hydrogen) atoms. The van der Waals surface area contributed by atoms with Gasteiger partial charge in [0, 0.05) is 0 Å². The summed E-state index contributed by atoms with van der Waals surface area (Å²) in [7, 11) is 0. The van der Waals surface area contributed by atoms with Gasteiger partial charge in [-0.2, -0.15) is 30.3 Å². The summed E-state index contributed by atoms with van der Waals surface area (Å²) in [4.78, 5) is 0. The van der Waals surface area contributed by atoms with Crippen LogP contribution in [0.25, 0.3) is 22.3 Å². The third-order valence-electron chi connectivity index (χ3n) is 3.45. The van der Waals surface area contributed by atoms with Gasteiger partial charge in [0.25, 0.3) is 0 Å². The van der Waals surface area contributed by atoms with Gasteiger partial charge in [-0.25, -0.2) is 12.1 Å². The first-order valence-electron chi connectivity index (χ1n) is 7.13. The fraction of sp³-hybridized carbons (Fsp3) is 0.100. The number of rotatable bonds is 1. The molecule has 3 aromatic carbocycles. The van der Waals surface area contributed by atoms with E-state index in [0.29, 0.717) is 0 Å². The summed E-state index contributed by atoms with van der Waals surface area (Å²) in [6, 6.07) is 24.6. The summed E-state index contributed by atoms with van der Waals surface area (Å²) in [5.41, 5.74) is 4.63. The van der Waals surface area contributed by atoms with E-state index in [0.717, 1.165) is 16.9 Å². The first-order chi connectivity index (χ1) is 10.2. The van der Waals surface area contributed by atoms with Crippen LogP contribution in [0.5, 0.6) is 0 Å². The fourth-order valence-electron chi connectivity index (χ4n) is 2.52. The van der Waals surface area contributed by atoms with E-state index >= 15 is 0 Å². The van der Waals surface area contributed by atoms with Crippen LogP contribution in [0, 0.1) is 13.8 Å². The third kappa shape index (κ3) is 3.59. The predicted molar refractivity (Wildman–Crippen MR) is 88.8 cm³/mol. The molecular weight excluding hydrogens is 312 g/mol. The minimum atomic E-state index is 0. The summed E-state index contributed by atoms with van der Waals surface area (Å²) >= 11 is 0. The Bertz CT molecular complexity index is 788. The Hall–Kier alpha value is -2.02. The number of benzene rings is 1. The van der Waals surface area contributed by atoms with Crippen molar-refractivity contribution in [1.29, 1.82) is 0 Å². The number of furan rings is 1. The Morgan fingerprint density at radius 3 is 2.18 bits per heavy atom. The summed E-state index contributed by atoms with van der Waals surface area (Å²) in [6.07, 6.45) is 0. The molecule has 0 bridgehead atoms. The van der Waals surface area contributed by atoms with E-state index in [9.17, 15) is 0 Å². The van der Waals surface area contributed by atoms with Crippen molar-refractivity contribution < 1.29 is 21.5 Å². The van der Waals surface area contributed by atoms with Gasteiger partial charge in [-0.1, -0.05) is 29.3 Å². The Morgan fingerprint density at radius 1 is 0.909 bits per heavy atom. The molecule has 0 radical (unpaired) electrons. The van der Waals surface area contributed by atoms with Crippen LogP contribution in [0.1, 0.15) is 11.1 Å². The molecule has 0 spiro atoms. The summed E-state index contributed by atoms with van der Waals surface area (Å²) in [6.45, 7) is 4.20. The summed E-state index contributed by atoms with van der Waals surface area (Å²) in [5, 5.41) is 1.19. The van der Waals surface area contributed by atoms with Crippen molar-refractivity contribution in [2.24, 2.45) is 0 Å². The number of hydrogen-bond acceptors (Lipinski definition) is 1. The Morgan fingerprint density at radius 2 is 1.59 bits per heavy atom. The first kappa shape index (κ1) is 16.4. The van der Waals surface area contributed by atoms with E-state index in [1.165, 1.54) is 16.5 Å². The van der Waals surface area contributed by atoms with Crippen LogP contribution in [0.2, 0.25) is 0 Å². The van der Waals surface area contributed by atoms with Gasteiger partial charge in [0.05, 0.1) is 5.76 Å². The Balaban J connectivity index is 0.000000253. The molecule has 1 aromatic heterocycles. The molecule has 0 amide bonds. The van der Waals surface area contributed by atoms with Crippen LogP contribution in [0.15, 0.2) is 77.2 Å². The van der Waals surface area contributed by atoms with E-state index in [4.69, 9.17) is 4.42 Å². The topological polar surface area (TPSA) is 13.1 Å². The van der Waals surface area contributed by atoms with E-state index in [1.807, 2.05) is 42.5 Å². The van der Waals surface area contributed by atoms with Gasteiger partial charge in [0.15, 0.2) is 0 Å². The molecule has 112 valence electrons. The average molecular weight is 330 g/mol. The third-order valence-corrected chi connectivity index (χ3v) is 3.45. The van der Waals surface area contributed by atoms with Crippen molar-refractivity contribution in [3.8, 4) is 11.3 Å². The molecule has 0 fully saturated rings. The van der Waals surface area contributed by atoms with Crippen molar-refractivity contribution in [3.05, 3.63) is 83.9 Å². The van der Waals surface area contributed by atoms with Gasteiger partial charge in [-0.3, -0.25) is 0 Å². The van der Waals surface area contributed by atoms with E-state index < -0.39 is 0 Å². The zero-order valence-electron chi connectivity index (χ0n) is 12.7. The molecule has 4 aromatic rings.